The highest BCUT2D eigenvalue weighted by Crippen LogP contribution is 2.26. The molecule has 1 fully saturated rings. The predicted molar refractivity (Wildman–Crippen MR) is 109 cm³/mol. The lowest BCUT2D eigenvalue weighted by molar-refractivity contribution is 0.0696. The molecule has 5 rings (SSSR count). The van der Waals surface area contributed by atoms with Crippen molar-refractivity contribution in [1.29, 1.82) is 0 Å². The van der Waals surface area contributed by atoms with Crippen LogP contribution in [0.4, 0.5) is 4.39 Å². The van der Waals surface area contributed by atoms with Gasteiger partial charge in [0.2, 0.25) is 15.8 Å². The van der Waals surface area contributed by atoms with Gasteiger partial charge < -0.3 is 4.90 Å². The van der Waals surface area contributed by atoms with Crippen molar-refractivity contribution in [2.24, 2.45) is 0 Å². The van der Waals surface area contributed by atoms with Crippen LogP contribution in [-0.2, 0) is 23.0 Å². The van der Waals surface area contributed by atoms with Crippen molar-refractivity contribution in [3.63, 3.8) is 0 Å². The fourth-order valence-electron chi connectivity index (χ4n) is 4.16. The number of carbonyl (C=O) groups is 1. The van der Waals surface area contributed by atoms with E-state index in [0.29, 0.717) is 5.56 Å². The van der Waals surface area contributed by atoms with Crippen molar-refractivity contribution in [2.75, 3.05) is 26.2 Å². The molecule has 4 heterocycles. The van der Waals surface area contributed by atoms with Crippen LogP contribution in [0.25, 0.3) is 11.4 Å². The minimum absolute atomic E-state index is 0.0283. The summed E-state index contributed by atoms with van der Waals surface area (Å²) in [6.45, 7) is 1.64. The molecule has 13 heteroatoms. The summed E-state index contributed by atoms with van der Waals surface area (Å²) in [6, 6.07) is 3.48. The highest BCUT2D eigenvalue weighted by Gasteiger charge is 2.32. The fourth-order valence-corrected chi connectivity index (χ4v) is 5.61. The van der Waals surface area contributed by atoms with Crippen LogP contribution < -0.4 is 0 Å². The third-order valence-corrected chi connectivity index (χ3v) is 7.79. The highest BCUT2D eigenvalue weighted by atomic mass is 32.2. The Kier molecular flexibility index (Phi) is 5.21. The third-order valence-electron chi connectivity index (χ3n) is 5.90. The first-order valence-electron chi connectivity index (χ1n) is 10.3. The SMILES string of the molecule is O=C(c1cnn2c1CCCC2)N1CCN(S(=O)(=O)c2ccc(F)c(-c3nn[nH]n3)c2)CC1. The number of carbonyl (C=O) groups excluding carboxylic acids is 1. The second-order valence-corrected chi connectivity index (χ2v) is 9.70. The van der Waals surface area contributed by atoms with Gasteiger partial charge in [0.25, 0.3) is 5.91 Å². The van der Waals surface area contributed by atoms with Gasteiger partial charge in [0.1, 0.15) is 5.82 Å². The van der Waals surface area contributed by atoms with E-state index in [-0.39, 0.29) is 48.4 Å². The van der Waals surface area contributed by atoms with Crippen molar-refractivity contribution in [3.05, 3.63) is 41.5 Å². The molecule has 3 aromatic rings. The van der Waals surface area contributed by atoms with Gasteiger partial charge in [-0.05, 0) is 42.7 Å². The minimum atomic E-state index is -3.88. The maximum atomic E-state index is 14.2. The van der Waals surface area contributed by atoms with E-state index in [9.17, 15) is 17.6 Å². The fraction of sp³-hybridized carbons (Fsp3) is 0.421. The zero-order valence-electron chi connectivity index (χ0n) is 17.1. The second-order valence-electron chi connectivity index (χ2n) is 7.76. The lowest BCUT2D eigenvalue weighted by Gasteiger charge is -2.34. The minimum Gasteiger partial charge on any atom is -0.336 e. The predicted octanol–water partition coefficient (Wildman–Crippen LogP) is 0.685. The smallest absolute Gasteiger partial charge is 0.257 e. The largest absolute Gasteiger partial charge is 0.336 e. The number of nitrogens with one attached hydrogen (secondary N) is 1. The number of hydrogen-bond donors (Lipinski definition) is 1. The van der Waals surface area contributed by atoms with E-state index in [1.54, 1.807) is 11.1 Å². The molecule has 0 bridgehead atoms. The molecule has 0 atom stereocenters. The number of fused-ring (bicyclic) bond motifs is 1. The number of aryl methyl sites for hydroxylation is 1. The molecule has 1 N–H and O–H groups in total. The zero-order valence-corrected chi connectivity index (χ0v) is 17.9. The van der Waals surface area contributed by atoms with Crippen molar-refractivity contribution in [3.8, 4) is 11.4 Å². The molecule has 0 saturated carbocycles. The summed E-state index contributed by atoms with van der Waals surface area (Å²) in [6.07, 6.45) is 4.52. The van der Waals surface area contributed by atoms with Crippen molar-refractivity contribution < 1.29 is 17.6 Å². The topological polar surface area (TPSA) is 130 Å². The molecule has 0 aliphatic carbocycles. The summed E-state index contributed by atoms with van der Waals surface area (Å²) in [5.74, 6) is -0.795. The molecular weight excluding hydrogens is 439 g/mol. The Morgan fingerprint density at radius 3 is 2.66 bits per heavy atom. The summed E-state index contributed by atoms with van der Waals surface area (Å²) < 4.78 is 43.6. The molecule has 32 heavy (non-hydrogen) atoms. The van der Waals surface area contributed by atoms with Gasteiger partial charge in [-0.15, -0.1) is 10.2 Å². The molecule has 2 aliphatic heterocycles. The van der Waals surface area contributed by atoms with Gasteiger partial charge in [-0.2, -0.15) is 14.6 Å². The van der Waals surface area contributed by atoms with Crippen LogP contribution in [0.2, 0.25) is 0 Å². The van der Waals surface area contributed by atoms with Crippen LogP contribution in [0.5, 0.6) is 0 Å². The maximum absolute atomic E-state index is 14.2. The monoisotopic (exact) mass is 460 g/mol. The van der Waals surface area contributed by atoms with Gasteiger partial charge in [-0.3, -0.25) is 9.48 Å². The number of hydrogen-bond acceptors (Lipinski definition) is 7. The lowest BCUT2D eigenvalue weighted by atomic mass is 10.1. The molecular formula is C19H21FN8O3S. The standard InChI is InChI=1S/C19H21FN8O3S/c20-16-5-4-13(11-14(16)18-22-24-25-23-18)32(30,31)27-9-7-26(8-10-27)19(29)15-12-21-28-6-2-1-3-17(15)28/h4-5,11-12H,1-3,6-10H2,(H,22,23,24,25). The normalized spacial score (nSPS) is 17.3. The van der Waals surface area contributed by atoms with Gasteiger partial charge in [-0.1, -0.05) is 0 Å². The maximum Gasteiger partial charge on any atom is 0.257 e. The number of rotatable bonds is 4. The Bertz CT molecular complexity index is 1250. The molecule has 0 radical (unpaired) electrons. The van der Waals surface area contributed by atoms with E-state index in [2.05, 4.69) is 25.7 Å². The number of piperazine rings is 1. The average Bonchev–Trinajstić information content (AvgIpc) is 3.49. The molecule has 1 saturated heterocycles. The Hall–Kier alpha value is -3.19. The van der Waals surface area contributed by atoms with Gasteiger partial charge in [-0.25, -0.2) is 12.8 Å². The molecule has 0 spiro atoms. The molecule has 2 aliphatic rings. The number of nitrogens with zero attached hydrogens (tertiary/aromatic N) is 7. The van der Waals surface area contributed by atoms with Crippen LogP contribution in [0.1, 0.15) is 28.9 Å². The first-order valence-corrected chi connectivity index (χ1v) is 11.8. The van der Waals surface area contributed by atoms with E-state index in [1.165, 1.54) is 16.4 Å². The Morgan fingerprint density at radius 2 is 1.91 bits per heavy atom. The van der Waals surface area contributed by atoms with Crippen molar-refractivity contribution >= 4 is 15.9 Å². The van der Waals surface area contributed by atoms with Crippen LogP contribution >= 0.6 is 0 Å². The van der Waals surface area contributed by atoms with E-state index in [4.69, 9.17) is 0 Å². The first-order chi connectivity index (χ1) is 15.4. The van der Waals surface area contributed by atoms with Crippen molar-refractivity contribution in [2.45, 2.75) is 30.7 Å². The summed E-state index contributed by atoms with van der Waals surface area (Å²) in [4.78, 5) is 14.6. The number of amides is 1. The zero-order chi connectivity index (χ0) is 22.3. The molecule has 1 amide bonds. The van der Waals surface area contributed by atoms with Crippen LogP contribution in [-0.4, -0.2) is 80.1 Å². The first kappa shape index (κ1) is 20.7. The number of aromatic amines is 1. The van der Waals surface area contributed by atoms with Crippen LogP contribution in [0.3, 0.4) is 0 Å². The number of halogens is 1. The second kappa shape index (κ2) is 8.06. The Balaban J connectivity index is 1.31. The summed E-state index contributed by atoms with van der Waals surface area (Å²) in [5.41, 5.74) is 1.50. The Morgan fingerprint density at radius 1 is 1.09 bits per heavy atom. The van der Waals surface area contributed by atoms with Gasteiger partial charge >= 0.3 is 0 Å². The van der Waals surface area contributed by atoms with Crippen LogP contribution in [0.15, 0.2) is 29.3 Å². The molecule has 0 unspecified atom stereocenters. The highest BCUT2D eigenvalue weighted by molar-refractivity contribution is 7.89. The van der Waals surface area contributed by atoms with Crippen LogP contribution in [0, 0.1) is 5.82 Å². The summed E-state index contributed by atoms with van der Waals surface area (Å²) in [7, 11) is -3.88. The molecule has 11 nitrogen and oxygen atoms in total. The number of tetrazole rings is 1. The molecule has 1 aromatic carbocycles. The van der Waals surface area contributed by atoms with E-state index in [1.807, 2.05) is 4.68 Å². The lowest BCUT2D eigenvalue weighted by Crippen LogP contribution is -2.50. The number of benzene rings is 1. The van der Waals surface area contributed by atoms with Gasteiger partial charge in [0, 0.05) is 32.7 Å². The third kappa shape index (κ3) is 3.56. The molecule has 168 valence electrons. The van der Waals surface area contributed by atoms with E-state index >= 15 is 0 Å². The number of aromatic nitrogens is 6. The average molecular weight is 460 g/mol. The number of H-pyrrole nitrogens is 1. The summed E-state index contributed by atoms with van der Waals surface area (Å²) in [5, 5.41) is 17.4. The van der Waals surface area contributed by atoms with E-state index in [0.717, 1.165) is 37.6 Å². The Labute approximate surface area is 183 Å². The van der Waals surface area contributed by atoms with E-state index < -0.39 is 15.8 Å². The summed E-state index contributed by atoms with van der Waals surface area (Å²) >= 11 is 0. The number of sulfonamides is 1. The van der Waals surface area contributed by atoms with Gasteiger partial charge in [0.15, 0.2) is 0 Å². The molecule has 2 aromatic heterocycles. The van der Waals surface area contributed by atoms with Crippen molar-refractivity contribution in [1.82, 2.24) is 39.6 Å². The quantitative estimate of drug-likeness (QED) is 0.606. The van der Waals surface area contributed by atoms with Gasteiger partial charge in [0.05, 0.1) is 27.9 Å².